The summed E-state index contributed by atoms with van der Waals surface area (Å²) in [4.78, 5) is 10.8. The van der Waals surface area contributed by atoms with E-state index in [0.29, 0.717) is 5.95 Å². The molecule has 0 spiro atoms. The Hall–Kier alpha value is -2.36. The van der Waals surface area contributed by atoms with Crippen molar-refractivity contribution in [3.63, 3.8) is 0 Å². The number of hydrogen-bond donors (Lipinski definition) is 1. The van der Waals surface area contributed by atoms with Gasteiger partial charge in [-0.15, -0.1) is 6.58 Å². The zero-order chi connectivity index (χ0) is 15.1. The van der Waals surface area contributed by atoms with Crippen LogP contribution in [0.2, 0.25) is 0 Å². The fourth-order valence-corrected chi connectivity index (χ4v) is 2.12. The summed E-state index contributed by atoms with van der Waals surface area (Å²) < 4.78 is 0. The number of benzene rings is 1. The van der Waals surface area contributed by atoms with Crippen LogP contribution in [0.3, 0.4) is 0 Å². The molecule has 2 aromatic rings. The van der Waals surface area contributed by atoms with Crippen molar-refractivity contribution in [2.75, 3.05) is 24.3 Å². The van der Waals surface area contributed by atoms with E-state index in [-0.39, 0.29) is 6.04 Å². The number of anilines is 2. The zero-order valence-corrected chi connectivity index (χ0v) is 12.7. The Morgan fingerprint density at radius 2 is 2.00 bits per heavy atom. The van der Waals surface area contributed by atoms with Crippen LogP contribution < -0.4 is 10.2 Å². The van der Waals surface area contributed by atoms with Gasteiger partial charge >= 0.3 is 0 Å². The molecular weight excluding hydrogens is 260 g/mol. The summed E-state index contributed by atoms with van der Waals surface area (Å²) in [7, 11) is 3.94. The van der Waals surface area contributed by atoms with Gasteiger partial charge in [0, 0.05) is 20.3 Å². The van der Waals surface area contributed by atoms with Crippen molar-refractivity contribution < 1.29 is 0 Å². The maximum absolute atomic E-state index is 4.52. The van der Waals surface area contributed by atoms with Gasteiger partial charge in [-0.05, 0) is 24.5 Å². The summed E-state index contributed by atoms with van der Waals surface area (Å²) in [5.41, 5.74) is 1.23. The lowest BCUT2D eigenvalue weighted by Gasteiger charge is -2.19. The molecule has 4 nitrogen and oxygen atoms in total. The first-order chi connectivity index (χ1) is 10.2. The fraction of sp³-hybridized carbons (Fsp3) is 0.294. The van der Waals surface area contributed by atoms with E-state index < -0.39 is 0 Å². The van der Waals surface area contributed by atoms with Gasteiger partial charge in [-0.3, -0.25) is 0 Å². The molecule has 0 amide bonds. The molecule has 1 aromatic heterocycles. The molecule has 1 heterocycles. The second-order valence-corrected chi connectivity index (χ2v) is 5.11. The number of nitrogens with zero attached hydrogens (tertiary/aromatic N) is 3. The summed E-state index contributed by atoms with van der Waals surface area (Å²) in [5.74, 6) is 1.54. The van der Waals surface area contributed by atoms with Gasteiger partial charge in [0.25, 0.3) is 0 Å². The van der Waals surface area contributed by atoms with Gasteiger partial charge in [0.1, 0.15) is 5.82 Å². The Bertz CT molecular complexity index is 566. The van der Waals surface area contributed by atoms with Crippen LogP contribution in [0, 0.1) is 0 Å². The predicted octanol–water partition coefficient (Wildman–Crippen LogP) is 3.66. The third kappa shape index (κ3) is 4.31. The highest BCUT2D eigenvalue weighted by atomic mass is 15.2. The minimum atomic E-state index is 0.182. The Morgan fingerprint density at radius 1 is 1.24 bits per heavy atom. The molecule has 1 atom stereocenters. The van der Waals surface area contributed by atoms with Crippen LogP contribution in [0.25, 0.3) is 0 Å². The summed E-state index contributed by atoms with van der Waals surface area (Å²) >= 11 is 0. The molecule has 1 N–H and O–H groups in total. The number of rotatable bonds is 7. The monoisotopic (exact) mass is 282 g/mol. The number of hydrogen-bond acceptors (Lipinski definition) is 4. The molecular formula is C17H22N4. The second-order valence-electron chi connectivity index (χ2n) is 5.11. The first-order valence-corrected chi connectivity index (χ1v) is 7.13. The van der Waals surface area contributed by atoms with Gasteiger partial charge in [-0.2, -0.15) is 4.98 Å². The van der Waals surface area contributed by atoms with Crippen molar-refractivity contribution in [2.24, 2.45) is 0 Å². The highest BCUT2D eigenvalue weighted by Crippen LogP contribution is 2.23. The van der Waals surface area contributed by atoms with Crippen LogP contribution in [0.4, 0.5) is 11.8 Å². The first kappa shape index (κ1) is 15.0. The third-order valence-corrected chi connectivity index (χ3v) is 3.26. The minimum Gasteiger partial charge on any atom is -0.363 e. The lowest BCUT2D eigenvalue weighted by Crippen LogP contribution is -2.15. The van der Waals surface area contributed by atoms with E-state index in [9.17, 15) is 0 Å². The number of aromatic nitrogens is 2. The van der Waals surface area contributed by atoms with E-state index in [1.165, 1.54) is 5.56 Å². The Morgan fingerprint density at radius 3 is 2.67 bits per heavy atom. The van der Waals surface area contributed by atoms with E-state index in [2.05, 4.69) is 46.1 Å². The average Bonchev–Trinajstić information content (AvgIpc) is 2.52. The highest BCUT2D eigenvalue weighted by molar-refractivity contribution is 5.42. The number of nitrogens with one attached hydrogen (secondary N) is 1. The predicted molar refractivity (Wildman–Crippen MR) is 88.6 cm³/mol. The number of allylic oxidation sites excluding steroid dienone is 1. The average molecular weight is 282 g/mol. The van der Waals surface area contributed by atoms with Crippen LogP contribution in [0.5, 0.6) is 0 Å². The zero-order valence-electron chi connectivity index (χ0n) is 12.7. The molecule has 0 saturated carbocycles. The molecule has 4 heteroatoms. The van der Waals surface area contributed by atoms with Crippen molar-refractivity contribution >= 4 is 11.8 Å². The second kappa shape index (κ2) is 7.43. The van der Waals surface area contributed by atoms with Gasteiger partial charge in [0.2, 0.25) is 5.95 Å². The maximum atomic E-state index is 4.52. The molecule has 110 valence electrons. The standard InChI is InChI=1S/C17H22N4/c1-4-5-11-15(14-9-7-6-8-10-14)19-17-18-13-12-16(20-17)21(2)3/h4,6-10,12-13,15H,1,5,11H2,2-3H3,(H,18,19,20). The molecule has 1 unspecified atom stereocenters. The molecule has 0 bridgehead atoms. The van der Waals surface area contributed by atoms with E-state index in [1.54, 1.807) is 6.20 Å². The third-order valence-electron chi connectivity index (χ3n) is 3.26. The summed E-state index contributed by atoms with van der Waals surface area (Å²) in [6, 6.07) is 12.4. The van der Waals surface area contributed by atoms with Crippen molar-refractivity contribution in [1.82, 2.24) is 9.97 Å². The van der Waals surface area contributed by atoms with E-state index in [1.807, 2.05) is 37.2 Å². The van der Waals surface area contributed by atoms with Gasteiger partial charge in [-0.25, -0.2) is 4.98 Å². The molecule has 21 heavy (non-hydrogen) atoms. The molecule has 1 aromatic carbocycles. The van der Waals surface area contributed by atoms with Crippen LogP contribution in [-0.2, 0) is 0 Å². The van der Waals surface area contributed by atoms with Crippen LogP contribution in [0.1, 0.15) is 24.4 Å². The summed E-state index contributed by atoms with van der Waals surface area (Å²) in [6.45, 7) is 3.80. The summed E-state index contributed by atoms with van der Waals surface area (Å²) in [5, 5.41) is 3.43. The van der Waals surface area contributed by atoms with Crippen molar-refractivity contribution in [1.29, 1.82) is 0 Å². The first-order valence-electron chi connectivity index (χ1n) is 7.13. The van der Waals surface area contributed by atoms with E-state index in [4.69, 9.17) is 0 Å². The van der Waals surface area contributed by atoms with E-state index in [0.717, 1.165) is 18.7 Å². The summed E-state index contributed by atoms with van der Waals surface area (Å²) in [6.07, 6.45) is 5.62. The quantitative estimate of drug-likeness (QED) is 0.787. The van der Waals surface area contributed by atoms with Crippen molar-refractivity contribution in [3.8, 4) is 0 Å². The Labute approximate surface area is 126 Å². The minimum absolute atomic E-state index is 0.182. The molecule has 0 aliphatic rings. The maximum Gasteiger partial charge on any atom is 0.225 e. The molecule has 2 rings (SSSR count). The smallest absolute Gasteiger partial charge is 0.225 e. The van der Waals surface area contributed by atoms with Crippen molar-refractivity contribution in [2.45, 2.75) is 18.9 Å². The van der Waals surface area contributed by atoms with Gasteiger partial charge in [-0.1, -0.05) is 36.4 Å². The lowest BCUT2D eigenvalue weighted by molar-refractivity contribution is 0.697. The van der Waals surface area contributed by atoms with Crippen molar-refractivity contribution in [3.05, 3.63) is 60.8 Å². The molecule has 0 aliphatic carbocycles. The van der Waals surface area contributed by atoms with Crippen LogP contribution in [-0.4, -0.2) is 24.1 Å². The van der Waals surface area contributed by atoms with E-state index >= 15 is 0 Å². The molecule has 0 radical (unpaired) electrons. The Kier molecular flexibility index (Phi) is 5.32. The largest absolute Gasteiger partial charge is 0.363 e. The van der Waals surface area contributed by atoms with Gasteiger partial charge in [0.15, 0.2) is 0 Å². The molecule has 0 saturated heterocycles. The van der Waals surface area contributed by atoms with Gasteiger partial charge in [0.05, 0.1) is 6.04 Å². The SMILES string of the molecule is C=CCCC(Nc1nccc(N(C)C)n1)c1ccccc1. The molecule has 0 fully saturated rings. The fourth-order valence-electron chi connectivity index (χ4n) is 2.12. The normalized spacial score (nSPS) is 11.7. The Balaban J connectivity index is 2.18. The van der Waals surface area contributed by atoms with Gasteiger partial charge < -0.3 is 10.2 Å². The highest BCUT2D eigenvalue weighted by Gasteiger charge is 2.12. The molecule has 0 aliphatic heterocycles. The van der Waals surface area contributed by atoms with Crippen LogP contribution in [0.15, 0.2) is 55.3 Å². The lowest BCUT2D eigenvalue weighted by atomic mass is 10.0. The topological polar surface area (TPSA) is 41.1 Å². The van der Waals surface area contributed by atoms with Crippen LogP contribution >= 0.6 is 0 Å².